The van der Waals surface area contributed by atoms with Gasteiger partial charge in [-0.05, 0) is 55.1 Å². The van der Waals surface area contributed by atoms with Crippen molar-refractivity contribution >= 4 is 22.7 Å². The summed E-state index contributed by atoms with van der Waals surface area (Å²) in [5.41, 5.74) is 0.298. The molecule has 10 heteroatoms. The number of halogens is 1. The molecule has 0 amide bonds. The van der Waals surface area contributed by atoms with E-state index in [0.29, 0.717) is 16.7 Å². The van der Waals surface area contributed by atoms with Gasteiger partial charge in [-0.3, -0.25) is 4.79 Å². The van der Waals surface area contributed by atoms with E-state index in [1.807, 2.05) is 0 Å². The van der Waals surface area contributed by atoms with Crippen molar-refractivity contribution in [2.75, 3.05) is 0 Å². The van der Waals surface area contributed by atoms with Crippen molar-refractivity contribution < 1.29 is 13.5 Å². The van der Waals surface area contributed by atoms with Crippen molar-refractivity contribution in [2.45, 2.75) is 24.1 Å². The number of benzene rings is 2. The molecule has 2 heterocycles. The fourth-order valence-corrected chi connectivity index (χ4v) is 3.08. The maximum absolute atomic E-state index is 13.0. The normalized spacial score (nSPS) is 12.2. The van der Waals surface area contributed by atoms with Crippen molar-refractivity contribution in [3.63, 3.8) is 0 Å². The van der Waals surface area contributed by atoms with Gasteiger partial charge in [0.05, 0.1) is 5.39 Å². The van der Waals surface area contributed by atoms with Crippen LogP contribution in [0.15, 0.2) is 63.0 Å². The highest BCUT2D eigenvalue weighted by molar-refractivity contribution is 7.98. The molecule has 1 atom stereocenters. The number of hydrogen-bond acceptors (Lipinski definition) is 8. The third-order valence-corrected chi connectivity index (χ3v) is 4.62. The van der Waals surface area contributed by atoms with Crippen molar-refractivity contribution in [3.05, 3.63) is 70.6 Å². The zero-order valence-electron chi connectivity index (χ0n) is 14.7. The summed E-state index contributed by atoms with van der Waals surface area (Å²) in [5, 5.41) is 16.6. The van der Waals surface area contributed by atoms with E-state index >= 15 is 0 Å². The Hall–Kier alpha value is -3.27. The Morgan fingerprint density at radius 1 is 1.14 bits per heavy atom. The van der Waals surface area contributed by atoms with Gasteiger partial charge in [-0.2, -0.15) is 4.68 Å². The molecule has 2 aromatic heterocycles. The standard InChI is InChI=1S/C18H14FN5O3S/c1-11(26-13-8-6-12(19)7-9-13)16-21-22-18(27-16)28-10-24-17(25)14-4-2-3-5-15(14)20-23-24/h2-9,11H,10H2,1H3/t11-/m0/s1. The predicted molar refractivity (Wildman–Crippen MR) is 99.4 cm³/mol. The van der Waals surface area contributed by atoms with Crippen molar-refractivity contribution in [2.24, 2.45) is 0 Å². The Bertz CT molecular complexity index is 1160. The smallest absolute Gasteiger partial charge is 0.278 e. The topological polar surface area (TPSA) is 95.9 Å². The highest BCUT2D eigenvalue weighted by Crippen LogP contribution is 2.24. The van der Waals surface area contributed by atoms with E-state index in [1.165, 1.54) is 28.9 Å². The Kier molecular flexibility index (Phi) is 5.02. The summed E-state index contributed by atoms with van der Waals surface area (Å²) >= 11 is 1.16. The van der Waals surface area contributed by atoms with Gasteiger partial charge in [0.1, 0.15) is 23.0 Å². The number of ether oxygens (including phenoxy) is 1. The van der Waals surface area contributed by atoms with E-state index in [1.54, 1.807) is 31.2 Å². The van der Waals surface area contributed by atoms with Gasteiger partial charge in [0, 0.05) is 0 Å². The number of thioether (sulfide) groups is 1. The molecule has 4 aromatic rings. The van der Waals surface area contributed by atoms with Gasteiger partial charge in [0.25, 0.3) is 16.7 Å². The van der Waals surface area contributed by atoms with E-state index < -0.39 is 6.10 Å². The molecule has 0 saturated heterocycles. The molecule has 28 heavy (non-hydrogen) atoms. The molecule has 8 nitrogen and oxygen atoms in total. The van der Waals surface area contributed by atoms with Crippen LogP contribution in [0.2, 0.25) is 0 Å². The quantitative estimate of drug-likeness (QED) is 0.456. The fraction of sp³-hybridized carbons (Fsp3) is 0.167. The first-order valence-corrected chi connectivity index (χ1v) is 9.29. The van der Waals surface area contributed by atoms with E-state index in [9.17, 15) is 9.18 Å². The molecule has 0 unspecified atom stereocenters. The van der Waals surface area contributed by atoms with Crippen LogP contribution in [0.1, 0.15) is 18.9 Å². The summed E-state index contributed by atoms with van der Waals surface area (Å²) in [6, 6.07) is 12.6. The summed E-state index contributed by atoms with van der Waals surface area (Å²) < 4.78 is 25.4. The monoisotopic (exact) mass is 399 g/mol. The Morgan fingerprint density at radius 3 is 2.75 bits per heavy atom. The maximum atomic E-state index is 13.0. The highest BCUT2D eigenvalue weighted by atomic mass is 32.2. The average molecular weight is 399 g/mol. The molecule has 0 spiro atoms. The fourth-order valence-electron chi connectivity index (χ4n) is 2.44. The molecule has 4 rings (SSSR count). The molecule has 0 radical (unpaired) electrons. The van der Waals surface area contributed by atoms with Crippen molar-refractivity contribution in [1.29, 1.82) is 0 Å². The number of rotatable bonds is 6. The average Bonchev–Trinajstić information content (AvgIpc) is 3.19. The van der Waals surface area contributed by atoms with Gasteiger partial charge in [0.15, 0.2) is 6.10 Å². The Labute approximate surface area is 162 Å². The second-order valence-corrected chi connectivity index (χ2v) is 6.70. The van der Waals surface area contributed by atoms with E-state index in [-0.39, 0.29) is 28.4 Å². The zero-order valence-corrected chi connectivity index (χ0v) is 15.5. The van der Waals surface area contributed by atoms with Crippen LogP contribution in [-0.2, 0) is 5.88 Å². The van der Waals surface area contributed by atoms with Gasteiger partial charge < -0.3 is 9.15 Å². The van der Waals surface area contributed by atoms with Crippen LogP contribution in [0, 0.1) is 5.82 Å². The molecule has 142 valence electrons. The van der Waals surface area contributed by atoms with Crippen LogP contribution in [0.3, 0.4) is 0 Å². The van der Waals surface area contributed by atoms with Crippen molar-refractivity contribution in [1.82, 2.24) is 25.2 Å². The number of nitrogens with zero attached hydrogens (tertiary/aromatic N) is 5. The third kappa shape index (κ3) is 3.86. The number of hydrogen-bond donors (Lipinski definition) is 0. The van der Waals surface area contributed by atoms with Gasteiger partial charge in [-0.1, -0.05) is 17.3 Å². The Balaban J connectivity index is 1.43. The summed E-state index contributed by atoms with van der Waals surface area (Å²) in [7, 11) is 0. The largest absolute Gasteiger partial charge is 0.481 e. The second kappa shape index (κ2) is 7.77. The lowest BCUT2D eigenvalue weighted by Gasteiger charge is -2.10. The first-order chi connectivity index (χ1) is 13.6. The lowest BCUT2D eigenvalue weighted by molar-refractivity contribution is 0.181. The molecule has 0 bridgehead atoms. The predicted octanol–water partition coefficient (Wildman–Crippen LogP) is 3.20. The number of fused-ring (bicyclic) bond motifs is 1. The Morgan fingerprint density at radius 2 is 1.93 bits per heavy atom. The van der Waals surface area contributed by atoms with Gasteiger partial charge in [-0.15, -0.1) is 15.3 Å². The van der Waals surface area contributed by atoms with E-state index in [4.69, 9.17) is 9.15 Å². The minimum atomic E-state index is -0.518. The second-order valence-electron chi connectivity index (χ2n) is 5.80. The molecular formula is C18H14FN5O3S. The molecule has 2 aromatic carbocycles. The molecule has 0 saturated carbocycles. The van der Waals surface area contributed by atoms with Crippen LogP contribution in [-0.4, -0.2) is 25.2 Å². The lowest BCUT2D eigenvalue weighted by Crippen LogP contribution is -2.23. The van der Waals surface area contributed by atoms with Crippen LogP contribution in [0.4, 0.5) is 4.39 Å². The summed E-state index contributed by atoms with van der Waals surface area (Å²) in [6.07, 6.45) is -0.518. The molecule has 0 aliphatic rings. The zero-order chi connectivity index (χ0) is 19.5. The maximum Gasteiger partial charge on any atom is 0.278 e. The first kappa shape index (κ1) is 18.1. The first-order valence-electron chi connectivity index (χ1n) is 8.31. The van der Waals surface area contributed by atoms with E-state index in [2.05, 4.69) is 20.5 Å². The molecule has 0 N–H and O–H groups in total. The molecule has 0 aliphatic carbocycles. The SMILES string of the molecule is C[C@H](Oc1ccc(F)cc1)c1nnc(SCn2nnc3ccccc3c2=O)o1. The summed E-state index contributed by atoms with van der Waals surface area (Å²) in [4.78, 5) is 12.4. The van der Waals surface area contributed by atoms with Gasteiger partial charge in [-0.25, -0.2) is 4.39 Å². The molecule has 0 fully saturated rings. The van der Waals surface area contributed by atoms with Crippen LogP contribution in [0.5, 0.6) is 5.75 Å². The van der Waals surface area contributed by atoms with Crippen molar-refractivity contribution in [3.8, 4) is 5.75 Å². The molecule has 0 aliphatic heterocycles. The number of aromatic nitrogens is 5. The minimum Gasteiger partial charge on any atom is -0.481 e. The van der Waals surface area contributed by atoms with E-state index in [0.717, 1.165) is 11.8 Å². The lowest BCUT2D eigenvalue weighted by atomic mass is 10.2. The van der Waals surface area contributed by atoms with Crippen LogP contribution >= 0.6 is 11.8 Å². The van der Waals surface area contributed by atoms with Gasteiger partial charge >= 0.3 is 0 Å². The third-order valence-electron chi connectivity index (χ3n) is 3.84. The summed E-state index contributed by atoms with van der Waals surface area (Å²) in [6.45, 7) is 1.74. The highest BCUT2D eigenvalue weighted by Gasteiger charge is 2.16. The summed E-state index contributed by atoms with van der Waals surface area (Å²) in [5.74, 6) is 0.581. The minimum absolute atomic E-state index is 0.172. The van der Waals surface area contributed by atoms with Crippen LogP contribution < -0.4 is 10.3 Å². The molecular weight excluding hydrogens is 385 g/mol. The van der Waals surface area contributed by atoms with Gasteiger partial charge in [0.2, 0.25) is 0 Å². The van der Waals surface area contributed by atoms with Crippen LogP contribution in [0.25, 0.3) is 10.9 Å².